The van der Waals surface area contributed by atoms with Gasteiger partial charge in [-0.1, -0.05) is 0 Å². The van der Waals surface area contributed by atoms with E-state index in [1.165, 1.54) is 35.4 Å². The highest BCUT2D eigenvalue weighted by atomic mass is 32.2. The Labute approximate surface area is 135 Å². The number of benzene rings is 1. The minimum atomic E-state index is -0.254. The number of halogens is 1. The lowest BCUT2D eigenvalue weighted by Crippen LogP contribution is -1.95. The summed E-state index contributed by atoms with van der Waals surface area (Å²) < 4.78 is 23.0. The van der Waals surface area contributed by atoms with Crippen molar-refractivity contribution in [3.63, 3.8) is 0 Å². The van der Waals surface area contributed by atoms with E-state index in [4.69, 9.17) is 4.74 Å². The van der Waals surface area contributed by atoms with E-state index in [9.17, 15) is 4.39 Å². The molecule has 22 heavy (non-hydrogen) atoms. The summed E-state index contributed by atoms with van der Waals surface area (Å²) in [6, 6.07) is 6.28. The largest absolute Gasteiger partial charge is 0.384 e. The van der Waals surface area contributed by atoms with Gasteiger partial charge >= 0.3 is 0 Å². The Morgan fingerprint density at radius 1 is 1.32 bits per heavy atom. The number of H-pyrrole nitrogens is 1. The van der Waals surface area contributed by atoms with Crippen LogP contribution in [0.5, 0.6) is 0 Å². The van der Waals surface area contributed by atoms with Gasteiger partial charge in [-0.25, -0.2) is 14.4 Å². The minimum Gasteiger partial charge on any atom is -0.384 e. The molecule has 0 spiro atoms. The molecule has 0 aliphatic heterocycles. The van der Waals surface area contributed by atoms with Gasteiger partial charge in [0.05, 0.1) is 18.5 Å². The van der Waals surface area contributed by atoms with Crippen LogP contribution in [0.25, 0.3) is 11.3 Å². The molecular formula is C14H13FN4OS2. The summed E-state index contributed by atoms with van der Waals surface area (Å²) >= 11 is 2.76. The van der Waals surface area contributed by atoms with E-state index in [-0.39, 0.29) is 5.82 Å². The SMILES string of the molecule is COCCc1nsc(Sc2ncc(-c3ccc(F)cc3)[nH]2)n1. The maximum absolute atomic E-state index is 12.9. The third kappa shape index (κ3) is 3.70. The summed E-state index contributed by atoms with van der Waals surface area (Å²) in [7, 11) is 1.65. The Bertz CT molecular complexity index is 741. The summed E-state index contributed by atoms with van der Waals surface area (Å²) in [5.41, 5.74) is 1.73. The Balaban J connectivity index is 1.69. The number of rotatable bonds is 6. The summed E-state index contributed by atoms with van der Waals surface area (Å²) in [5.74, 6) is 0.523. The smallest absolute Gasteiger partial charge is 0.177 e. The van der Waals surface area contributed by atoms with Crippen molar-refractivity contribution in [2.24, 2.45) is 0 Å². The quantitative estimate of drug-likeness (QED) is 0.747. The summed E-state index contributed by atoms with van der Waals surface area (Å²) in [6.07, 6.45) is 2.43. The zero-order chi connectivity index (χ0) is 15.4. The van der Waals surface area contributed by atoms with Gasteiger partial charge in [0.2, 0.25) is 0 Å². The predicted octanol–water partition coefficient (Wildman–Crippen LogP) is 3.41. The molecule has 3 aromatic rings. The number of nitrogens with zero attached hydrogens (tertiary/aromatic N) is 3. The van der Waals surface area contributed by atoms with Gasteiger partial charge in [0.1, 0.15) is 11.6 Å². The van der Waals surface area contributed by atoms with E-state index in [1.54, 1.807) is 25.4 Å². The van der Waals surface area contributed by atoms with Crippen molar-refractivity contribution >= 4 is 23.3 Å². The van der Waals surface area contributed by atoms with Gasteiger partial charge in [-0.3, -0.25) is 0 Å². The highest BCUT2D eigenvalue weighted by Gasteiger charge is 2.09. The van der Waals surface area contributed by atoms with Gasteiger partial charge in [0.25, 0.3) is 0 Å². The number of imidazole rings is 1. The molecule has 0 saturated heterocycles. The fraction of sp³-hybridized carbons (Fsp3) is 0.214. The lowest BCUT2D eigenvalue weighted by atomic mass is 10.2. The highest BCUT2D eigenvalue weighted by molar-refractivity contribution is 8.00. The molecule has 0 unspecified atom stereocenters. The molecule has 1 N–H and O–H groups in total. The lowest BCUT2D eigenvalue weighted by Gasteiger charge is -1.96. The Hall–Kier alpha value is -1.77. The molecule has 2 aromatic heterocycles. The minimum absolute atomic E-state index is 0.254. The predicted molar refractivity (Wildman–Crippen MR) is 83.6 cm³/mol. The van der Waals surface area contributed by atoms with Crippen molar-refractivity contribution in [3.05, 3.63) is 42.1 Å². The first kappa shape index (κ1) is 15.1. The number of hydrogen-bond acceptors (Lipinski definition) is 6. The third-order valence-electron chi connectivity index (χ3n) is 2.87. The third-order valence-corrected chi connectivity index (χ3v) is 4.56. The second-order valence-corrected chi connectivity index (χ2v) is 6.42. The molecule has 8 heteroatoms. The van der Waals surface area contributed by atoms with Crippen molar-refractivity contribution in [1.29, 1.82) is 0 Å². The highest BCUT2D eigenvalue weighted by Crippen LogP contribution is 2.28. The molecule has 114 valence electrons. The van der Waals surface area contributed by atoms with Crippen molar-refractivity contribution in [3.8, 4) is 11.3 Å². The molecule has 0 aliphatic carbocycles. The van der Waals surface area contributed by atoms with Gasteiger partial charge in [0, 0.05) is 13.5 Å². The molecule has 5 nitrogen and oxygen atoms in total. The first-order valence-corrected chi connectivity index (χ1v) is 8.14. The average Bonchev–Trinajstić information content (AvgIpc) is 3.16. The Morgan fingerprint density at radius 2 is 2.14 bits per heavy atom. The number of aromatic amines is 1. The molecule has 0 aliphatic rings. The van der Waals surface area contributed by atoms with Crippen LogP contribution in [0.1, 0.15) is 5.82 Å². The van der Waals surface area contributed by atoms with E-state index in [0.717, 1.165) is 26.6 Å². The van der Waals surface area contributed by atoms with Gasteiger partial charge < -0.3 is 9.72 Å². The van der Waals surface area contributed by atoms with Crippen molar-refractivity contribution in [2.45, 2.75) is 15.9 Å². The van der Waals surface area contributed by atoms with Crippen LogP contribution in [0.4, 0.5) is 4.39 Å². The summed E-state index contributed by atoms with van der Waals surface area (Å²) in [6.45, 7) is 0.607. The van der Waals surface area contributed by atoms with E-state index in [0.29, 0.717) is 13.0 Å². The molecule has 0 radical (unpaired) electrons. The number of hydrogen-bond donors (Lipinski definition) is 1. The Morgan fingerprint density at radius 3 is 2.91 bits per heavy atom. The van der Waals surface area contributed by atoms with Crippen LogP contribution < -0.4 is 0 Å². The van der Waals surface area contributed by atoms with Crippen molar-refractivity contribution in [2.75, 3.05) is 13.7 Å². The molecule has 2 heterocycles. The first-order valence-electron chi connectivity index (χ1n) is 6.55. The fourth-order valence-corrected chi connectivity index (χ4v) is 3.33. The van der Waals surface area contributed by atoms with Crippen LogP contribution >= 0.6 is 23.3 Å². The standard InChI is InChI=1S/C14H13FN4OS2/c1-20-7-6-12-18-14(22-19-12)21-13-16-8-11(17-13)9-2-4-10(15)5-3-9/h2-5,8H,6-7H2,1H3,(H,16,17). The normalized spacial score (nSPS) is 11.0. The fourth-order valence-electron chi connectivity index (χ4n) is 1.79. The second-order valence-electron chi connectivity index (χ2n) is 4.43. The van der Waals surface area contributed by atoms with E-state index >= 15 is 0 Å². The van der Waals surface area contributed by atoms with Crippen LogP contribution in [0.15, 0.2) is 40.0 Å². The van der Waals surface area contributed by atoms with Crippen LogP contribution in [-0.2, 0) is 11.2 Å². The summed E-state index contributed by atoms with van der Waals surface area (Å²) in [4.78, 5) is 11.9. The van der Waals surface area contributed by atoms with Crippen molar-refractivity contribution in [1.82, 2.24) is 19.3 Å². The zero-order valence-corrected chi connectivity index (χ0v) is 13.4. The monoisotopic (exact) mass is 336 g/mol. The van der Waals surface area contributed by atoms with Gasteiger partial charge in [-0.05, 0) is 53.1 Å². The molecule has 1 aromatic carbocycles. The van der Waals surface area contributed by atoms with Crippen LogP contribution in [0, 0.1) is 5.82 Å². The van der Waals surface area contributed by atoms with E-state index in [2.05, 4.69) is 19.3 Å². The molecule has 0 saturated carbocycles. The molecule has 0 fully saturated rings. The van der Waals surface area contributed by atoms with Crippen LogP contribution in [0.2, 0.25) is 0 Å². The van der Waals surface area contributed by atoms with Crippen LogP contribution in [0.3, 0.4) is 0 Å². The number of methoxy groups -OCH3 is 1. The Kier molecular flexibility index (Phi) is 4.81. The lowest BCUT2D eigenvalue weighted by molar-refractivity contribution is 0.200. The average molecular weight is 336 g/mol. The topological polar surface area (TPSA) is 63.7 Å². The number of nitrogens with one attached hydrogen (secondary N) is 1. The van der Waals surface area contributed by atoms with E-state index < -0.39 is 0 Å². The maximum atomic E-state index is 12.9. The van der Waals surface area contributed by atoms with Gasteiger partial charge in [0.15, 0.2) is 9.50 Å². The van der Waals surface area contributed by atoms with Crippen molar-refractivity contribution < 1.29 is 9.13 Å². The summed E-state index contributed by atoms with van der Waals surface area (Å²) in [5, 5.41) is 0.730. The molecular weight excluding hydrogens is 323 g/mol. The molecule has 0 bridgehead atoms. The van der Waals surface area contributed by atoms with Crippen LogP contribution in [-0.4, -0.2) is 33.0 Å². The first-order chi connectivity index (χ1) is 10.7. The maximum Gasteiger partial charge on any atom is 0.177 e. The van der Waals surface area contributed by atoms with E-state index in [1.807, 2.05) is 0 Å². The molecule has 3 rings (SSSR count). The van der Waals surface area contributed by atoms with Gasteiger partial charge in [-0.15, -0.1) is 0 Å². The molecule has 0 atom stereocenters. The number of ether oxygens (including phenoxy) is 1. The van der Waals surface area contributed by atoms with Gasteiger partial charge in [-0.2, -0.15) is 4.37 Å². The zero-order valence-electron chi connectivity index (χ0n) is 11.7. The molecule has 0 amide bonds. The number of aromatic nitrogens is 4. The second kappa shape index (κ2) is 6.99.